The fourth-order valence-electron chi connectivity index (χ4n) is 3.36. The molecule has 0 saturated carbocycles. The highest BCUT2D eigenvalue weighted by Crippen LogP contribution is 2.42. The predicted octanol–water partition coefficient (Wildman–Crippen LogP) is 2.98. The molecule has 0 bridgehead atoms. The number of amides is 2. The lowest BCUT2D eigenvalue weighted by Crippen LogP contribution is -2.31. The molecule has 2 aliphatic heterocycles. The second-order valence-corrected chi connectivity index (χ2v) is 6.53. The molecule has 4 rings (SSSR count). The highest BCUT2D eigenvalue weighted by molar-refractivity contribution is 6.42. The van der Waals surface area contributed by atoms with Gasteiger partial charge in [0, 0.05) is 23.6 Å². The van der Waals surface area contributed by atoms with Crippen LogP contribution in [0.5, 0.6) is 11.5 Å². The van der Waals surface area contributed by atoms with Gasteiger partial charge in [-0.05, 0) is 43.3 Å². The van der Waals surface area contributed by atoms with Crippen LogP contribution in [-0.4, -0.2) is 35.9 Å². The van der Waals surface area contributed by atoms with E-state index in [1.165, 1.54) is 26.0 Å². The molecule has 2 amide bonds. The highest BCUT2D eigenvalue weighted by Gasteiger charge is 2.38. The molecule has 2 aliphatic rings. The number of fused-ring (bicyclic) bond motifs is 2. The minimum Gasteiger partial charge on any atom is -0.506 e. The fraction of sp³-hybridized carbons (Fsp3) is 0.190. The number of ketones is 1. The van der Waals surface area contributed by atoms with Crippen molar-refractivity contribution in [2.24, 2.45) is 0 Å². The molecule has 2 heterocycles. The number of aliphatic hydroxyl groups is 1. The predicted molar refractivity (Wildman–Crippen MR) is 101 cm³/mol. The lowest BCUT2D eigenvalue weighted by atomic mass is 9.99. The van der Waals surface area contributed by atoms with Gasteiger partial charge in [0.25, 0.3) is 5.91 Å². The largest absolute Gasteiger partial charge is 0.506 e. The van der Waals surface area contributed by atoms with E-state index in [-0.39, 0.29) is 17.1 Å². The van der Waals surface area contributed by atoms with Crippen molar-refractivity contribution in [1.82, 2.24) is 0 Å². The van der Waals surface area contributed by atoms with Crippen LogP contribution in [0.15, 0.2) is 36.4 Å². The molecule has 142 valence electrons. The summed E-state index contributed by atoms with van der Waals surface area (Å²) in [5.41, 5.74) is 1.36. The number of nitrogens with zero attached hydrogens (tertiary/aromatic N) is 1. The Morgan fingerprint density at radius 2 is 1.64 bits per heavy atom. The molecule has 0 aromatic heterocycles. The lowest BCUT2D eigenvalue weighted by Gasteiger charge is -2.19. The molecule has 0 atom stereocenters. The fourth-order valence-corrected chi connectivity index (χ4v) is 3.36. The van der Waals surface area contributed by atoms with Crippen LogP contribution in [0.3, 0.4) is 0 Å². The Hall–Kier alpha value is -3.61. The first kappa shape index (κ1) is 17.8. The Balaban J connectivity index is 1.91. The molecule has 2 aromatic rings. The summed E-state index contributed by atoms with van der Waals surface area (Å²) in [6.07, 6.45) is 0. The zero-order valence-corrected chi connectivity index (χ0v) is 15.3. The van der Waals surface area contributed by atoms with E-state index in [0.29, 0.717) is 47.1 Å². The summed E-state index contributed by atoms with van der Waals surface area (Å²) in [5.74, 6) is -0.595. The van der Waals surface area contributed by atoms with Crippen molar-refractivity contribution in [3.63, 3.8) is 0 Å². The molecule has 0 spiro atoms. The highest BCUT2D eigenvalue weighted by atomic mass is 16.6. The number of anilines is 1. The smallest absolute Gasteiger partial charge is 0.269 e. The minimum absolute atomic E-state index is 0.0371. The average Bonchev–Trinajstić information content (AvgIpc) is 2.98. The van der Waals surface area contributed by atoms with Crippen molar-refractivity contribution in [2.45, 2.75) is 13.8 Å². The topological polar surface area (TPSA) is 93.1 Å². The van der Waals surface area contributed by atoms with E-state index in [1.807, 2.05) is 0 Å². The van der Waals surface area contributed by atoms with Gasteiger partial charge in [0.1, 0.15) is 19.0 Å². The molecule has 28 heavy (non-hydrogen) atoms. The standard InChI is InChI=1S/C21H17NO6/c1-11(23)13-3-5-16-15(9-13)19(21(26)22(16)12(2)24)20(25)14-4-6-17-18(10-14)28-8-7-27-17/h3-6,9-10,25H,7-8H2,1-2H3/b20-19-. The van der Waals surface area contributed by atoms with Crippen LogP contribution in [-0.2, 0) is 9.59 Å². The van der Waals surface area contributed by atoms with Gasteiger partial charge in [0.2, 0.25) is 5.91 Å². The molecule has 7 nitrogen and oxygen atoms in total. The van der Waals surface area contributed by atoms with Crippen molar-refractivity contribution in [3.05, 3.63) is 53.1 Å². The van der Waals surface area contributed by atoms with Crippen LogP contribution in [0.1, 0.15) is 35.3 Å². The second kappa shape index (κ2) is 6.53. The Bertz CT molecular complexity index is 1070. The van der Waals surface area contributed by atoms with Gasteiger partial charge in [0.05, 0.1) is 11.3 Å². The number of carbonyl (C=O) groups is 3. The van der Waals surface area contributed by atoms with Gasteiger partial charge in [0.15, 0.2) is 17.3 Å². The van der Waals surface area contributed by atoms with Crippen molar-refractivity contribution in [2.75, 3.05) is 18.1 Å². The first-order chi connectivity index (χ1) is 13.4. The zero-order chi connectivity index (χ0) is 20.0. The van der Waals surface area contributed by atoms with E-state index in [1.54, 1.807) is 24.3 Å². The number of Topliss-reactive ketones (excluding diaryl/α,β-unsaturated/α-hetero) is 1. The first-order valence-electron chi connectivity index (χ1n) is 8.72. The van der Waals surface area contributed by atoms with Gasteiger partial charge >= 0.3 is 0 Å². The molecule has 0 fully saturated rings. The number of aliphatic hydroxyl groups excluding tert-OH is 1. The number of carbonyl (C=O) groups excluding carboxylic acids is 3. The quantitative estimate of drug-likeness (QED) is 0.490. The van der Waals surface area contributed by atoms with Crippen LogP contribution in [0.25, 0.3) is 11.3 Å². The maximum Gasteiger partial charge on any atom is 0.269 e. The number of ether oxygens (including phenoxy) is 2. The van der Waals surface area contributed by atoms with Crippen molar-refractivity contribution >= 4 is 34.6 Å². The van der Waals surface area contributed by atoms with E-state index < -0.39 is 11.8 Å². The van der Waals surface area contributed by atoms with Crippen LogP contribution in [0.4, 0.5) is 5.69 Å². The van der Waals surface area contributed by atoms with Gasteiger partial charge in [-0.1, -0.05) is 0 Å². The first-order valence-corrected chi connectivity index (χ1v) is 8.72. The van der Waals surface area contributed by atoms with Gasteiger partial charge in [-0.2, -0.15) is 0 Å². The molecule has 1 N–H and O–H groups in total. The number of rotatable bonds is 2. The van der Waals surface area contributed by atoms with Crippen LogP contribution >= 0.6 is 0 Å². The molecule has 0 radical (unpaired) electrons. The Kier molecular flexibility index (Phi) is 4.15. The molecule has 2 aromatic carbocycles. The van der Waals surface area contributed by atoms with Crippen LogP contribution in [0, 0.1) is 0 Å². The third-order valence-electron chi connectivity index (χ3n) is 4.70. The number of hydrogen-bond donors (Lipinski definition) is 1. The van der Waals surface area contributed by atoms with E-state index >= 15 is 0 Å². The molecule has 7 heteroatoms. The number of imide groups is 1. The molecular formula is C21H17NO6. The monoisotopic (exact) mass is 379 g/mol. The zero-order valence-electron chi connectivity index (χ0n) is 15.3. The maximum atomic E-state index is 12.9. The Morgan fingerprint density at radius 1 is 0.964 bits per heavy atom. The molecule has 0 unspecified atom stereocenters. The lowest BCUT2D eigenvalue weighted by molar-refractivity contribution is -0.122. The summed E-state index contributed by atoms with van der Waals surface area (Å²) in [5, 5.41) is 10.9. The molecule has 0 aliphatic carbocycles. The van der Waals surface area contributed by atoms with E-state index in [9.17, 15) is 19.5 Å². The number of benzene rings is 2. The third-order valence-corrected chi connectivity index (χ3v) is 4.70. The van der Waals surface area contributed by atoms with Crippen molar-refractivity contribution < 1.29 is 29.0 Å². The SMILES string of the molecule is CC(=O)c1ccc2c(c1)/C(=C(/O)c1ccc3c(c1)OCCO3)C(=O)N2C(C)=O. The molecule has 0 saturated heterocycles. The van der Waals surface area contributed by atoms with Crippen molar-refractivity contribution in [3.8, 4) is 11.5 Å². The summed E-state index contributed by atoms with van der Waals surface area (Å²) in [7, 11) is 0. The minimum atomic E-state index is -0.643. The molecular weight excluding hydrogens is 362 g/mol. The summed E-state index contributed by atoms with van der Waals surface area (Å²) in [6.45, 7) is 3.50. The normalized spacial score (nSPS) is 16.6. The Morgan fingerprint density at radius 3 is 2.32 bits per heavy atom. The van der Waals surface area contributed by atoms with E-state index in [4.69, 9.17) is 9.47 Å². The average molecular weight is 379 g/mol. The number of hydrogen-bond acceptors (Lipinski definition) is 6. The third kappa shape index (κ3) is 2.72. The second-order valence-electron chi connectivity index (χ2n) is 6.53. The maximum absolute atomic E-state index is 12.9. The summed E-state index contributed by atoms with van der Waals surface area (Å²) < 4.78 is 11.0. The summed E-state index contributed by atoms with van der Waals surface area (Å²) in [4.78, 5) is 37.7. The summed E-state index contributed by atoms with van der Waals surface area (Å²) >= 11 is 0. The van der Waals surface area contributed by atoms with E-state index in [2.05, 4.69) is 0 Å². The van der Waals surface area contributed by atoms with Gasteiger partial charge in [-0.25, -0.2) is 4.90 Å². The van der Waals surface area contributed by atoms with Gasteiger partial charge in [-0.3, -0.25) is 14.4 Å². The van der Waals surface area contributed by atoms with Crippen LogP contribution in [0.2, 0.25) is 0 Å². The van der Waals surface area contributed by atoms with Crippen LogP contribution < -0.4 is 14.4 Å². The van der Waals surface area contributed by atoms with Crippen molar-refractivity contribution in [1.29, 1.82) is 0 Å². The Labute approximate surface area is 160 Å². The van der Waals surface area contributed by atoms with Gasteiger partial charge < -0.3 is 14.6 Å². The van der Waals surface area contributed by atoms with E-state index in [0.717, 1.165) is 4.90 Å². The summed E-state index contributed by atoms with van der Waals surface area (Å²) in [6, 6.07) is 9.44. The van der Waals surface area contributed by atoms with Gasteiger partial charge in [-0.15, -0.1) is 0 Å².